The largest absolute Gasteiger partial charge is 0.444 e. The second-order valence-corrected chi connectivity index (χ2v) is 7.51. The molecule has 1 fully saturated rings. The monoisotopic (exact) mass is 322 g/mol. The molecule has 0 saturated carbocycles. The van der Waals surface area contributed by atoms with E-state index >= 15 is 0 Å². The van der Waals surface area contributed by atoms with Gasteiger partial charge in [0, 0.05) is 37.9 Å². The molecule has 1 aromatic heterocycles. The van der Waals surface area contributed by atoms with E-state index in [1.54, 1.807) is 0 Å². The molecule has 0 bridgehead atoms. The van der Waals surface area contributed by atoms with Gasteiger partial charge in [0.2, 0.25) is 0 Å². The Labute approximate surface area is 139 Å². The van der Waals surface area contributed by atoms with Crippen LogP contribution in [0.15, 0.2) is 12.3 Å². The first kappa shape index (κ1) is 17.8. The topological polar surface area (TPSA) is 59.4 Å². The molecule has 0 spiro atoms. The first-order valence-electron chi connectivity index (χ1n) is 8.41. The number of carbonyl (C=O) groups is 1. The lowest BCUT2D eigenvalue weighted by Crippen LogP contribution is -2.51. The van der Waals surface area contributed by atoms with E-state index in [4.69, 9.17) is 4.74 Å². The van der Waals surface area contributed by atoms with Crippen molar-refractivity contribution in [1.82, 2.24) is 20.0 Å². The number of carbonyl (C=O) groups excluding carboxylic acids is 1. The molecule has 23 heavy (non-hydrogen) atoms. The quantitative estimate of drug-likeness (QED) is 0.929. The van der Waals surface area contributed by atoms with E-state index in [0.29, 0.717) is 6.04 Å². The Morgan fingerprint density at radius 2 is 2.17 bits per heavy atom. The molecule has 2 heterocycles. The number of nitrogens with zero attached hydrogens (tertiary/aromatic N) is 3. The maximum atomic E-state index is 12.3. The summed E-state index contributed by atoms with van der Waals surface area (Å²) in [6.45, 7) is 10.7. The lowest BCUT2D eigenvalue weighted by atomic mass is 9.97. The summed E-state index contributed by atoms with van der Waals surface area (Å²) >= 11 is 0. The van der Waals surface area contributed by atoms with E-state index < -0.39 is 5.60 Å². The van der Waals surface area contributed by atoms with Crippen molar-refractivity contribution in [2.75, 3.05) is 6.54 Å². The Balaban J connectivity index is 1.89. The fourth-order valence-corrected chi connectivity index (χ4v) is 3.16. The van der Waals surface area contributed by atoms with E-state index in [9.17, 15) is 4.79 Å². The zero-order valence-electron chi connectivity index (χ0n) is 15.2. The molecule has 6 nitrogen and oxygen atoms in total. The van der Waals surface area contributed by atoms with Crippen LogP contribution in [0.25, 0.3) is 0 Å². The third-order valence-corrected chi connectivity index (χ3v) is 4.29. The summed E-state index contributed by atoms with van der Waals surface area (Å²) in [4.78, 5) is 14.1. The molecular formula is C17H30N4O2. The summed E-state index contributed by atoms with van der Waals surface area (Å²) in [6, 6.07) is 2.85. The van der Waals surface area contributed by atoms with Crippen molar-refractivity contribution in [1.29, 1.82) is 0 Å². The smallest absolute Gasteiger partial charge is 0.410 e. The minimum absolute atomic E-state index is 0.176. The number of hydrogen-bond donors (Lipinski definition) is 1. The van der Waals surface area contributed by atoms with Gasteiger partial charge >= 0.3 is 6.09 Å². The Kier molecular flexibility index (Phi) is 5.34. The number of nitrogens with one attached hydrogen (secondary N) is 1. The van der Waals surface area contributed by atoms with Crippen LogP contribution >= 0.6 is 0 Å². The zero-order chi connectivity index (χ0) is 17.2. The lowest BCUT2D eigenvalue weighted by Gasteiger charge is -2.39. The van der Waals surface area contributed by atoms with Gasteiger partial charge in [0.15, 0.2) is 0 Å². The predicted molar refractivity (Wildman–Crippen MR) is 90.2 cm³/mol. The van der Waals surface area contributed by atoms with Crippen molar-refractivity contribution in [2.45, 2.75) is 71.2 Å². The number of ether oxygens (including phenoxy) is 1. The Morgan fingerprint density at radius 1 is 1.48 bits per heavy atom. The van der Waals surface area contributed by atoms with Crippen LogP contribution in [-0.2, 0) is 11.8 Å². The molecular weight excluding hydrogens is 292 g/mol. The molecule has 1 N–H and O–H groups in total. The third kappa shape index (κ3) is 4.70. The highest BCUT2D eigenvalue weighted by molar-refractivity contribution is 5.68. The van der Waals surface area contributed by atoms with Gasteiger partial charge in [-0.2, -0.15) is 5.10 Å². The summed E-state index contributed by atoms with van der Waals surface area (Å²) < 4.78 is 7.39. The Hall–Kier alpha value is -1.56. The van der Waals surface area contributed by atoms with Crippen LogP contribution < -0.4 is 5.32 Å². The predicted octanol–water partition coefficient (Wildman–Crippen LogP) is 2.86. The summed E-state index contributed by atoms with van der Waals surface area (Å²) in [6.07, 6.45) is 3.48. The van der Waals surface area contributed by atoms with Gasteiger partial charge < -0.3 is 15.0 Å². The van der Waals surface area contributed by atoms with E-state index in [1.165, 1.54) is 5.69 Å². The van der Waals surface area contributed by atoms with Crippen LogP contribution in [0.3, 0.4) is 0 Å². The molecule has 1 aliphatic rings. The number of likely N-dealkylation sites (tertiary alicyclic amines) is 1. The van der Waals surface area contributed by atoms with Gasteiger partial charge in [-0.3, -0.25) is 4.68 Å². The number of rotatable bonds is 3. The molecule has 1 aromatic rings. The summed E-state index contributed by atoms with van der Waals surface area (Å²) in [7, 11) is 1.96. The first-order valence-corrected chi connectivity index (χ1v) is 8.41. The fourth-order valence-electron chi connectivity index (χ4n) is 3.16. The van der Waals surface area contributed by atoms with Gasteiger partial charge in [-0.05, 0) is 53.5 Å². The van der Waals surface area contributed by atoms with E-state index in [2.05, 4.69) is 24.3 Å². The highest BCUT2D eigenvalue weighted by Crippen LogP contribution is 2.22. The first-order chi connectivity index (χ1) is 10.7. The molecule has 1 aliphatic heterocycles. The molecule has 130 valence electrons. The minimum Gasteiger partial charge on any atom is -0.444 e. The second kappa shape index (κ2) is 6.91. The number of amides is 1. The van der Waals surface area contributed by atoms with Gasteiger partial charge in [0.25, 0.3) is 0 Å². The van der Waals surface area contributed by atoms with Gasteiger partial charge in [-0.1, -0.05) is 0 Å². The summed E-state index contributed by atoms with van der Waals surface area (Å²) in [5.41, 5.74) is 0.729. The van der Waals surface area contributed by atoms with Gasteiger partial charge in [0.1, 0.15) is 5.60 Å². The normalized spacial score (nSPS) is 23.7. The molecule has 0 aromatic carbocycles. The van der Waals surface area contributed by atoms with Crippen LogP contribution in [-0.4, -0.2) is 45.0 Å². The molecule has 6 heteroatoms. The van der Waals surface area contributed by atoms with E-state index in [0.717, 1.165) is 19.4 Å². The Bertz CT molecular complexity index is 535. The van der Waals surface area contributed by atoms with Crippen molar-refractivity contribution < 1.29 is 9.53 Å². The van der Waals surface area contributed by atoms with Crippen LogP contribution in [0.4, 0.5) is 4.79 Å². The average molecular weight is 322 g/mol. The average Bonchev–Trinajstić information content (AvgIpc) is 2.83. The van der Waals surface area contributed by atoms with Crippen LogP contribution in [0.1, 0.15) is 59.2 Å². The second-order valence-electron chi connectivity index (χ2n) is 7.51. The SMILES string of the molecule is CC(NC1CCN(C(=O)OC(C)(C)C)C(C)C1)c1ccnn1C. The van der Waals surface area contributed by atoms with Crippen LogP contribution in [0, 0.1) is 0 Å². The molecule has 2 rings (SSSR count). The highest BCUT2D eigenvalue weighted by Gasteiger charge is 2.32. The maximum absolute atomic E-state index is 12.3. The maximum Gasteiger partial charge on any atom is 0.410 e. The fraction of sp³-hybridized carbons (Fsp3) is 0.765. The van der Waals surface area contributed by atoms with Crippen molar-refractivity contribution in [3.8, 4) is 0 Å². The minimum atomic E-state index is -0.444. The van der Waals surface area contributed by atoms with Crippen molar-refractivity contribution in [2.24, 2.45) is 7.05 Å². The molecule has 3 unspecified atom stereocenters. The number of hydrogen-bond acceptors (Lipinski definition) is 4. The molecule has 3 atom stereocenters. The third-order valence-electron chi connectivity index (χ3n) is 4.29. The number of aryl methyl sites for hydroxylation is 1. The zero-order valence-corrected chi connectivity index (χ0v) is 15.2. The van der Waals surface area contributed by atoms with Crippen LogP contribution in [0.2, 0.25) is 0 Å². The van der Waals surface area contributed by atoms with Crippen molar-refractivity contribution >= 4 is 6.09 Å². The lowest BCUT2D eigenvalue weighted by molar-refractivity contribution is 0.00902. The van der Waals surface area contributed by atoms with Gasteiger partial charge in [0.05, 0.1) is 5.69 Å². The van der Waals surface area contributed by atoms with E-state index in [-0.39, 0.29) is 18.2 Å². The molecule has 1 amide bonds. The number of piperidine rings is 1. The summed E-state index contributed by atoms with van der Waals surface area (Å²) in [5, 5.41) is 7.88. The molecule has 1 saturated heterocycles. The Morgan fingerprint density at radius 3 is 2.70 bits per heavy atom. The standard InChI is InChI=1S/C17H30N4O2/c1-12-11-14(19-13(2)15-7-9-18-20(15)6)8-10-21(12)16(22)23-17(3,4)5/h7,9,12-14,19H,8,10-11H2,1-6H3. The van der Waals surface area contributed by atoms with Gasteiger partial charge in [-0.25, -0.2) is 4.79 Å². The number of aromatic nitrogens is 2. The van der Waals surface area contributed by atoms with Gasteiger partial charge in [-0.15, -0.1) is 0 Å². The van der Waals surface area contributed by atoms with Crippen molar-refractivity contribution in [3.05, 3.63) is 18.0 Å². The molecule has 0 radical (unpaired) electrons. The van der Waals surface area contributed by atoms with Crippen molar-refractivity contribution in [3.63, 3.8) is 0 Å². The van der Waals surface area contributed by atoms with Crippen LogP contribution in [0.5, 0.6) is 0 Å². The summed E-state index contributed by atoms with van der Waals surface area (Å²) in [5.74, 6) is 0. The van der Waals surface area contributed by atoms with E-state index in [1.807, 2.05) is 49.7 Å². The molecule has 0 aliphatic carbocycles. The highest BCUT2D eigenvalue weighted by atomic mass is 16.6.